The highest BCUT2D eigenvalue weighted by Crippen LogP contribution is 2.44. The molecule has 0 aliphatic carbocycles. The third-order valence-electron chi connectivity index (χ3n) is 3.96. The summed E-state index contributed by atoms with van der Waals surface area (Å²) < 4.78 is 5.16. The molecule has 3 nitrogen and oxygen atoms in total. The van der Waals surface area contributed by atoms with Crippen LogP contribution in [0.2, 0.25) is 0 Å². The summed E-state index contributed by atoms with van der Waals surface area (Å²) >= 11 is 0. The molecular formula is C17H26O3. The normalized spacial score (nSPS) is 14.7. The maximum atomic E-state index is 12.3. The van der Waals surface area contributed by atoms with Gasteiger partial charge >= 0.3 is 5.97 Å². The van der Waals surface area contributed by atoms with E-state index in [9.17, 15) is 9.90 Å². The summed E-state index contributed by atoms with van der Waals surface area (Å²) in [5, 5.41) is 11.2. The van der Waals surface area contributed by atoms with Crippen LogP contribution >= 0.6 is 0 Å². The molecule has 1 aromatic rings. The molecule has 1 N–H and O–H groups in total. The number of carbonyl (C=O) groups is 1. The first-order valence-electron chi connectivity index (χ1n) is 7.35. The summed E-state index contributed by atoms with van der Waals surface area (Å²) in [5.41, 5.74) is -1.43. The van der Waals surface area contributed by atoms with Gasteiger partial charge < -0.3 is 9.84 Å². The van der Waals surface area contributed by atoms with Crippen molar-refractivity contribution in [1.29, 1.82) is 0 Å². The van der Waals surface area contributed by atoms with Crippen LogP contribution in [0.4, 0.5) is 0 Å². The third kappa shape index (κ3) is 3.21. The highest BCUT2D eigenvalue weighted by atomic mass is 16.5. The quantitative estimate of drug-likeness (QED) is 0.774. The Morgan fingerprint density at radius 2 is 1.80 bits per heavy atom. The maximum absolute atomic E-state index is 12.3. The van der Waals surface area contributed by atoms with E-state index in [1.807, 2.05) is 30.3 Å². The van der Waals surface area contributed by atoms with Crippen LogP contribution in [0.5, 0.6) is 0 Å². The van der Waals surface area contributed by atoms with Crippen molar-refractivity contribution in [2.75, 3.05) is 6.61 Å². The fourth-order valence-electron chi connectivity index (χ4n) is 2.44. The summed E-state index contributed by atoms with van der Waals surface area (Å²) in [6.45, 7) is 7.69. The molecule has 0 radical (unpaired) electrons. The van der Waals surface area contributed by atoms with Gasteiger partial charge in [-0.1, -0.05) is 50.1 Å². The molecule has 0 heterocycles. The van der Waals surface area contributed by atoms with E-state index < -0.39 is 11.0 Å². The van der Waals surface area contributed by atoms with Gasteiger partial charge in [0.25, 0.3) is 0 Å². The van der Waals surface area contributed by atoms with E-state index in [0.717, 1.165) is 18.4 Å². The number of benzene rings is 1. The monoisotopic (exact) mass is 278 g/mol. The van der Waals surface area contributed by atoms with Crippen LogP contribution in [0.1, 0.15) is 52.5 Å². The fourth-order valence-corrected chi connectivity index (χ4v) is 2.44. The van der Waals surface area contributed by atoms with Gasteiger partial charge in [-0.3, -0.25) is 4.79 Å². The lowest BCUT2D eigenvalue weighted by molar-refractivity contribution is -0.174. The van der Waals surface area contributed by atoms with Crippen LogP contribution in [0, 0.1) is 5.41 Å². The van der Waals surface area contributed by atoms with Gasteiger partial charge in [0, 0.05) is 0 Å². The molecule has 1 atom stereocenters. The first-order valence-corrected chi connectivity index (χ1v) is 7.35. The molecule has 0 saturated carbocycles. The van der Waals surface area contributed by atoms with Crippen LogP contribution in [0.15, 0.2) is 30.3 Å². The van der Waals surface area contributed by atoms with E-state index in [0.29, 0.717) is 13.0 Å². The van der Waals surface area contributed by atoms with E-state index in [4.69, 9.17) is 4.74 Å². The lowest BCUT2D eigenvalue weighted by Crippen LogP contribution is -2.48. The Bertz CT molecular complexity index is 425. The van der Waals surface area contributed by atoms with E-state index in [1.165, 1.54) is 0 Å². The van der Waals surface area contributed by atoms with Gasteiger partial charge in [-0.05, 0) is 32.8 Å². The number of rotatable bonds is 7. The van der Waals surface area contributed by atoms with E-state index in [-0.39, 0.29) is 5.97 Å². The highest BCUT2D eigenvalue weighted by Gasteiger charge is 2.50. The molecule has 0 spiro atoms. The number of carbonyl (C=O) groups excluding carboxylic acids is 1. The van der Waals surface area contributed by atoms with Crippen LogP contribution in [0.25, 0.3) is 0 Å². The van der Waals surface area contributed by atoms with Crippen LogP contribution < -0.4 is 0 Å². The molecule has 0 bridgehead atoms. The van der Waals surface area contributed by atoms with Crippen molar-refractivity contribution in [3.8, 4) is 0 Å². The Hall–Kier alpha value is -1.35. The average Bonchev–Trinajstić information content (AvgIpc) is 2.45. The second-order valence-electron chi connectivity index (χ2n) is 5.68. The van der Waals surface area contributed by atoms with Crippen molar-refractivity contribution in [1.82, 2.24) is 0 Å². The Morgan fingerprint density at radius 1 is 1.20 bits per heavy atom. The molecule has 0 saturated heterocycles. The van der Waals surface area contributed by atoms with Gasteiger partial charge in [-0.15, -0.1) is 0 Å². The molecule has 3 heteroatoms. The minimum atomic E-state index is -1.21. The van der Waals surface area contributed by atoms with Gasteiger partial charge in [0.05, 0.1) is 12.0 Å². The molecule has 0 fully saturated rings. The molecule has 0 aliphatic rings. The fraction of sp³-hybridized carbons (Fsp3) is 0.588. The first-order chi connectivity index (χ1) is 9.40. The van der Waals surface area contributed by atoms with Crippen LogP contribution in [0.3, 0.4) is 0 Å². The number of hydrogen-bond acceptors (Lipinski definition) is 3. The molecule has 0 unspecified atom stereocenters. The van der Waals surface area contributed by atoms with Crippen molar-refractivity contribution in [2.24, 2.45) is 5.41 Å². The molecule has 0 amide bonds. The van der Waals surface area contributed by atoms with E-state index in [1.54, 1.807) is 20.8 Å². The molecule has 20 heavy (non-hydrogen) atoms. The number of unbranched alkanes of at least 4 members (excludes halogenated alkanes) is 1. The predicted octanol–water partition coefficient (Wildman–Crippen LogP) is 3.65. The zero-order chi connectivity index (χ0) is 15.2. The lowest BCUT2D eigenvalue weighted by atomic mass is 9.68. The summed E-state index contributed by atoms with van der Waals surface area (Å²) in [6, 6.07) is 9.41. The molecule has 112 valence electrons. The van der Waals surface area contributed by atoms with Crippen molar-refractivity contribution in [3.63, 3.8) is 0 Å². The number of esters is 1. The highest BCUT2D eigenvalue weighted by molar-refractivity contribution is 5.78. The van der Waals surface area contributed by atoms with Gasteiger partial charge in [-0.2, -0.15) is 0 Å². The van der Waals surface area contributed by atoms with E-state index in [2.05, 4.69) is 6.92 Å². The first kappa shape index (κ1) is 16.7. The Labute approximate surface area is 122 Å². The van der Waals surface area contributed by atoms with Crippen molar-refractivity contribution in [3.05, 3.63) is 35.9 Å². The summed E-state index contributed by atoms with van der Waals surface area (Å²) in [5.74, 6) is -0.359. The van der Waals surface area contributed by atoms with Gasteiger partial charge in [0.2, 0.25) is 0 Å². The number of ether oxygens (including phenoxy) is 1. The summed E-state index contributed by atoms with van der Waals surface area (Å²) in [7, 11) is 0. The smallest absolute Gasteiger partial charge is 0.314 e. The molecule has 0 aromatic heterocycles. The van der Waals surface area contributed by atoms with Crippen LogP contribution in [-0.4, -0.2) is 17.7 Å². The van der Waals surface area contributed by atoms with Crippen molar-refractivity contribution < 1.29 is 14.6 Å². The topological polar surface area (TPSA) is 46.5 Å². The van der Waals surface area contributed by atoms with E-state index >= 15 is 0 Å². The van der Waals surface area contributed by atoms with Crippen molar-refractivity contribution in [2.45, 2.75) is 52.6 Å². The molecule has 0 aliphatic heterocycles. The Balaban J connectivity index is 3.20. The van der Waals surface area contributed by atoms with Crippen LogP contribution in [-0.2, 0) is 15.1 Å². The molecule has 1 rings (SSSR count). The van der Waals surface area contributed by atoms with Gasteiger partial charge in [0.1, 0.15) is 5.60 Å². The minimum absolute atomic E-state index is 0.320. The number of hydrogen-bond donors (Lipinski definition) is 1. The SMILES string of the molecule is CCCC[C@](O)(c1ccccc1)C(C)(C)C(=O)OCC. The lowest BCUT2D eigenvalue weighted by Gasteiger charge is -2.41. The van der Waals surface area contributed by atoms with Crippen molar-refractivity contribution >= 4 is 5.97 Å². The second kappa shape index (κ2) is 6.89. The zero-order valence-corrected chi connectivity index (χ0v) is 13.0. The molecule has 1 aromatic carbocycles. The second-order valence-corrected chi connectivity index (χ2v) is 5.68. The Morgan fingerprint density at radius 3 is 2.30 bits per heavy atom. The zero-order valence-electron chi connectivity index (χ0n) is 13.0. The summed E-state index contributed by atoms with van der Waals surface area (Å²) in [4.78, 5) is 12.3. The Kier molecular flexibility index (Phi) is 5.75. The number of aliphatic hydroxyl groups is 1. The minimum Gasteiger partial charge on any atom is -0.465 e. The largest absolute Gasteiger partial charge is 0.465 e. The third-order valence-corrected chi connectivity index (χ3v) is 3.96. The van der Waals surface area contributed by atoms with Gasteiger partial charge in [0.15, 0.2) is 0 Å². The van der Waals surface area contributed by atoms with Gasteiger partial charge in [-0.25, -0.2) is 0 Å². The summed E-state index contributed by atoms with van der Waals surface area (Å²) in [6.07, 6.45) is 2.36. The predicted molar refractivity (Wildman–Crippen MR) is 80.3 cm³/mol. The average molecular weight is 278 g/mol. The standard InChI is InChI=1S/C17H26O3/c1-5-7-13-17(19,14-11-9-8-10-12-14)16(3,4)15(18)20-6-2/h8-12,19H,5-7,13H2,1-4H3/t17-/m0/s1. The molecular weight excluding hydrogens is 252 g/mol. The maximum Gasteiger partial charge on any atom is 0.314 e.